The topological polar surface area (TPSA) is 97.4 Å². The highest BCUT2D eigenvalue weighted by Gasteiger charge is 2.14. The Labute approximate surface area is 175 Å². The Bertz CT molecular complexity index is 943. The Kier molecular flexibility index (Phi) is 6.60. The third-order valence-electron chi connectivity index (χ3n) is 4.74. The number of nitrogens with two attached hydrogens (primary N) is 1. The van der Waals surface area contributed by atoms with Gasteiger partial charge < -0.3 is 26.2 Å². The lowest BCUT2D eigenvalue weighted by Gasteiger charge is -2.34. The van der Waals surface area contributed by atoms with Crippen molar-refractivity contribution in [2.24, 2.45) is 0 Å². The number of likely N-dealkylation sites (N-methyl/N-ethyl adjacent to an activating group) is 1. The Morgan fingerprint density at radius 3 is 2.41 bits per heavy atom. The number of piperazine rings is 1. The summed E-state index contributed by atoms with van der Waals surface area (Å²) < 4.78 is 0. The molecule has 29 heavy (non-hydrogen) atoms. The molecule has 150 valence electrons. The van der Waals surface area contributed by atoms with Gasteiger partial charge in [-0.2, -0.15) is 5.26 Å². The van der Waals surface area contributed by atoms with E-state index in [1.54, 1.807) is 12.1 Å². The van der Waals surface area contributed by atoms with Crippen molar-refractivity contribution < 1.29 is 4.79 Å². The fourth-order valence-electron chi connectivity index (χ4n) is 2.94. The zero-order valence-electron chi connectivity index (χ0n) is 16.2. The molecule has 0 saturated carbocycles. The molecule has 3 rings (SSSR count). The van der Waals surface area contributed by atoms with Gasteiger partial charge in [-0.15, -0.1) is 0 Å². The van der Waals surface area contributed by atoms with Crippen molar-refractivity contribution in [3.05, 3.63) is 59.3 Å². The molecule has 2 aromatic rings. The van der Waals surface area contributed by atoms with Crippen LogP contribution in [0.3, 0.4) is 0 Å². The van der Waals surface area contributed by atoms with Gasteiger partial charge in [-0.3, -0.25) is 4.79 Å². The highest BCUT2D eigenvalue weighted by molar-refractivity contribution is 6.33. The maximum Gasteiger partial charge on any atom is 0.267 e. The number of nitrogen functional groups attached to an aromatic ring is 1. The maximum absolute atomic E-state index is 12.3. The summed E-state index contributed by atoms with van der Waals surface area (Å²) in [7, 11) is 2.13. The summed E-state index contributed by atoms with van der Waals surface area (Å²) in [5, 5.41) is 15.3. The van der Waals surface area contributed by atoms with Crippen LogP contribution in [0.2, 0.25) is 5.02 Å². The molecule has 0 unspecified atom stereocenters. The van der Waals surface area contributed by atoms with E-state index in [2.05, 4.69) is 27.5 Å². The fraction of sp³-hybridized carbons (Fsp3) is 0.238. The normalized spacial score (nSPS) is 14.9. The highest BCUT2D eigenvalue weighted by atomic mass is 35.5. The first-order valence-corrected chi connectivity index (χ1v) is 9.61. The summed E-state index contributed by atoms with van der Waals surface area (Å²) in [6.07, 6.45) is 1.39. The monoisotopic (exact) mass is 410 g/mol. The summed E-state index contributed by atoms with van der Waals surface area (Å²) in [5.41, 5.74) is 8.44. The molecule has 0 radical (unpaired) electrons. The lowest BCUT2D eigenvalue weighted by Crippen LogP contribution is -2.44. The lowest BCUT2D eigenvalue weighted by atomic mass is 10.2. The lowest BCUT2D eigenvalue weighted by molar-refractivity contribution is -0.112. The molecule has 0 aromatic heterocycles. The largest absolute Gasteiger partial charge is 0.398 e. The second-order valence-electron chi connectivity index (χ2n) is 6.84. The number of anilines is 4. The quantitative estimate of drug-likeness (QED) is 0.398. The third kappa shape index (κ3) is 5.41. The van der Waals surface area contributed by atoms with Gasteiger partial charge in [0.05, 0.1) is 10.7 Å². The average molecular weight is 411 g/mol. The van der Waals surface area contributed by atoms with E-state index in [1.165, 1.54) is 12.3 Å². The first-order valence-electron chi connectivity index (χ1n) is 9.23. The molecule has 1 amide bonds. The van der Waals surface area contributed by atoms with Crippen LogP contribution in [-0.2, 0) is 4.79 Å². The predicted octanol–water partition coefficient (Wildman–Crippen LogP) is 3.13. The van der Waals surface area contributed by atoms with Crippen molar-refractivity contribution in [1.29, 1.82) is 5.26 Å². The molecule has 1 aliphatic rings. The van der Waals surface area contributed by atoms with Crippen LogP contribution in [0.15, 0.2) is 54.2 Å². The van der Waals surface area contributed by atoms with Gasteiger partial charge >= 0.3 is 0 Å². The van der Waals surface area contributed by atoms with Gasteiger partial charge in [0, 0.05) is 49.4 Å². The number of amides is 1. The van der Waals surface area contributed by atoms with Crippen molar-refractivity contribution in [2.45, 2.75) is 0 Å². The number of nitrogens with one attached hydrogen (secondary N) is 2. The number of carbonyl (C=O) groups is 1. The van der Waals surface area contributed by atoms with Crippen molar-refractivity contribution in [1.82, 2.24) is 4.90 Å². The third-order valence-corrected chi connectivity index (χ3v) is 5.07. The fourth-order valence-corrected chi connectivity index (χ4v) is 3.12. The number of benzene rings is 2. The molecule has 1 fully saturated rings. The minimum Gasteiger partial charge on any atom is -0.398 e. The Hall–Kier alpha value is -3.21. The maximum atomic E-state index is 12.3. The summed E-state index contributed by atoms with van der Waals surface area (Å²) in [6, 6.07) is 14.6. The molecule has 0 bridgehead atoms. The van der Waals surface area contributed by atoms with Crippen LogP contribution in [0.1, 0.15) is 0 Å². The van der Waals surface area contributed by atoms with Gasteiger partial charge in [0.2, 0.25) is 0 Å². The van der Waals surface area contributed by atoms with Crippen LogP contribution >= 0.6 is 11.6 Å². The molecule has 8 heteroatoms. The van der Waals surface area contributed by atoms with E-state index in [-0.39, 0.29) is 5.57 Å². The number of nitrogens with zero attached hydrogens (tertiary/aromatic N) is 3. The number of halogens is 1. The SMILES string of the molecule is CN1CCN(c2ccc(N/C=C(/C#N)C(=O)Nc3ccc(N)c(Cl)c3)cc2)CC1. The molecular weight excluding hydrogens is 388 g/mol. The molecule has 0 atom stereocenters. The van der Waals surface area contributed by atoms with Crippen LogP contribution < -0.4 is 21.3 Å². The van der Waals surface area contributed by atoms with Crippen molar-refractivity contribution >= 4 is 40.3 Å². The first-order chi connectivity index (χ1) is 14.0. The molecule has 0 aliphatic carbocycles. The molecule has 0 spiro atoms. The summed E-state index contributed by atoms with van der Waals surface area (Å²) in [4.78, 5) is 17.0. The van der Waals surface area contributed by atoms with Crippen LogP contribution in [0.5, 0.6) is 0 Å². The van der Waals surface area contributed by atoms with Crippen molar-refractivity contribution in [3.8, 4) is 6.07 Å². The smallest absolute Gasteiger partial charge is 0.267 e. The molecule has 4 N–H and O–H groups in total. The Morgan fingerprint density at radius 2 is 1.79 bits per heavy atom. The number of hydrogen-bond donors (Lipinski definition) is 3. The highest BCUT2D eigenvalue weighted by Crippen LogP contribution is 2.23. The van der Waals surface area contributed by atoms with Gasteiger partial charge in [0.25, 0.3) is 5.91 Å². The van der Waals surface area contributed by atoms with Crippen LogP contribution in [0.25, 0.3) is 0 Å². The Morgan fingerprint density at radius 1 is 1.14 bits per heavy atom. The van der Waals surface area contributed by atoms with Crippen LogP contribution in [0, 0.1) is 11.3 Å². The van der Waals surface area contributed by atoms with Crippen molar-refractivity contribution in [2.75, 3.05) is 54.5 Å². The van der Waals surface area contributed by atoms with E-state index in [9.17, 15) is 10.1 Å². The minimum atomic E-state index is -0.533. The summed E-state index contributed by atoms with van der Waals surface area (Å²) >= 11 is 5.95. The number of hydrogen-bond acceptors (Lipinski definition) is 6. The average Bonchev–Trinajstić information content (AvgIpc) is 2.72. The predicted molar refractivity (Wildman–Crippen MR) is 118 cm³/mol. The molecule has 1 saturated heterocycles. The van der Waals surface area contributed by atoms with Gasteiger partial charge in [0.1, 0.15) is 11.6 Å². The van der Waals surface area contributed by atoms with E-state index >= 15 is 0 Å². The van der Waals surface area contributed by atoms with Gasteiger partial charge in [-0.1, -0.05) is 11.6 Å². The van der Waals surface area contributed by atoms with E-state index in [1.807, 2.05) is 30.3 Å². The molecular formula is C21H23ClN6O. The molecule has 1 heterocycles. The molecule has 1 aliphatic heterocycles. The van der Waals surface area contributed by atoms with Crippen LogP contribution in [-0.4, -0.2) is 44.0 Å². The Balaban J connectivity index is 1.61. The number of carbonyl (C=O) groups excluding carboxylic acids is 1. The van der Waals surface area contributed by atoms with E-state index in [0.717, 1.165) is 37.6 Å². The zero-order chi connectivity index (χ0) is 20.8. The van der Waals surface area contributed by atoms with Gasteiger partial charge in [0.15, 0.2) is 0 Å². The van der Waals surface area contributed by atoms with Gasteiger partial charge in [-0.25, -0.2) is 0 Å². The standard InChI is InChI=1S/C21H23ClN6O/c1-27-8-10-28(11-9-27)18-5-2-16(3-6-18)25-14-15(13-23)21(29)26-17-4-7-20(24)19(22)12-17/h2-7,12,14,25H,8-11,24H2,1H3,(H,26,29)/b15-14-. The minimum absolute atomic E-state index is 0.0545. The number of rotatable bonds is 5. The second-order valence-corrected chi connectivity index (χ2v) is 7.25. The van der Waals surface area contributed by atoms with Crippen LogP contribution in [0.4, 0.5) is 22.7 Å². The van der Waals surface area contributed by atoms with E-state index < -0.39 is 5.91 Å². The molecule has 7 nitrogen and oxygen atoms in total. The zero-order valence-corrected chi connectivity index (χ0v) is 16.9. The molecule has 2 aromatic carbocycles. The van der Waals surface area contributed by atoms with E-state index in [4.69, 9.17) is 17.3 Å². The van der Waals surface area contributed by atoms with E-state index in [0.29, 0.717) is 16.4 Å². The summed E-state index contributed by atoms with van der Waals surface area (Å²) in [6.45, 7) is 4.08. The van der Waals surface area contributed by atoms with Gasteiger partial charge in [-0.05, 0) is 49.5 Å². The first kappa shape index (κ1) is 20.5. The van der Waals surface area contributed by atoms with Crippen molar-refractivity contribution in [3.63, 3.8) is 0 Å². The number of nitriles is 1. The second kappa shape index (κ2) is 9.32. The summed E-state index contributed by atoms with van der Waals surface area (Å²) in [5.74, 6) is -0.533.